The first kappa shape index (κ1) is 13.4. The van der Waals surface area contributed by atoms with Gasteiger partial charge in [0.2, 0.25) is 0 Å². The zero-order valence-electron chi connectivity index (χ0n) is 11.5. The molecule has 0 saturated carbocycles. The van der Waals surface area contributed by atoms with Crippen LogP contribution in [0.15, 0.2) is 60.7 Å². The quantitative estimate of drug-likeness (QED) is 0.870. The van der Waals surface area contributed by atoms with E-state index >= 15 is 0 Å². The Morgan fingerprint density at radius 1 is 0.952 bits per heavy atom. The summed E-state index contributed by atoms with van der Waals surface area (Å²) in [6, 6.07) is 18.4. The number of nitrogens with one attached hydrogen (secondary N) is 1. The van der Waals surface area contributed by atoms with E-state index < -0.39 is 0 Å². The van der Waals surface area contributed by atoms with Crippen molar-refractivity contribution in [3.63, 3.8) is 0 Å². The summed E-state index contributed by atoms with van der Waals surface area (Å²) in [6.45, 7) is 1.19. The lowest BCUT2D eigenvalue weighted by molar-refractivity contribution is 0.0865. The third-order valence-corrected chi connectivity index (χ3v) is 3.53. The number of hydrogen-bond donors (Lipinski definition) is 1. The van der Waals surface area contributed by atoms with E-state index in [1.807, 2.05) is 36.4 Å². The van der Waals surface area contributed by atoms with Gasteiger partial charge in [0.1, 0.15) is 0 Å². The van der Waals surface area contributed by atoms with Crippen LogP contribution >= 0.6 is 0 Å². The molecule has 0 bridgehead atoms. The first-order valence-electron chi connectivity index (χ1n) is 6.95. The monoisotopic (exact) mass is 280 g/mol. The first-order chi connectivity index (χ1) is 10.3. The molecule has 1 fully saturated rings. The molecule has 21 heavy (non-hydrogen) atoms. The van der Waals surface area contributed by atoms with Crippen molar-refractivity contribution >= 4 is 11.8 Å². The Balaban J connectivity index is 1.51. The molecule has 1 unspecified atom stereocenters. The molecule has 1 N–H and O–H groups in total. The van der Waals surface area contributed by atoms with Crippen LogP contribution in [-0.4, -0.2) is 35.8 Å². The molecule has 4 nitrogen and oxygen atoms in total. The van der Waals surface area contributed by atoms with Crippen molar-refractivity contribution in [1.29, 1.82) is 0 Å². The molecule has 1 heterocycles. The highest BCUT2D eigenvalue weighted by atomic mass is 16.2. The highest BCUT2D eigenvalue weighted by Crippen LogP contribution is 2.20. The van der Waals surface area contributed by atoms with Gasteiger partial charge in [0, 0.05) is 24.2 Å². The van der Waals surface area contributed by atoms with Crippen LogP contribution in [0.4, 0.5) is 0 Å². The van der Waals surface area contributed by atoms with Crippen molar-refractivity contribution in [1.82, 2.24) is 10.2 Å². The van der Waals surface area contributed by atoms with E-state index in [0.717, 1.165) is 0 Å². The molecular weight excluding hydrogens is 264 g/mol. The maximum absolute atomic E-state index is 12.1. The Morgan fingerprint density at radius 3 is 2.14 bits per heavy atom. The maximum atomic E-state index is 12.1. The van der Waals surface area contributed by atoms with Crippen molar-refractivity contribution in [3.05, 3.63) is 71.8 Å². The van der Waals surface area contributed by atoms with Crippen molar-refractivity contribution in [3.8, 4) is 0 Å². The number of rotatable bonds is 4. The molecule has 1 aliphatic heterocycles. The maximum Gasteiger partial charge on any atom is 0.254 e. The molecule has 0 radical (unpaired) electrons. The third kappa shape index (κ3) is 3.11. The van der Waals surface area contributed by atoms with Crippen molar-refractivity contribution in [2.45, 2.75) is 6.04 Å². The fraction of sp³-hybridized carbons (Fsp3) is 0.176. The lowest BCUT2D eigenvalue weighted by Gasteiger charge is -2.06. The Kier molecular flexibility index (Phi) is 3.69. The summed E-state index contributed by atoms with van der Waals surface area (Å²) in [4.78, 5) is 25.8. The third-order valence-electron chi connectivity index (χ3n) is 3.53. The van der Waals surface area contributed by atoms with Crippen molar-refractivity contribution in [2.75, 3.05) is 13.1 Å². The first-order valence-corrected chi connectivity index (χ1v) is 6.95. The van der Waals surface area contributed by atoms with Crippen LogP contribution in [0.25, 0.3) is 0 Å². The average molecular weight is 280 g/mol. The molecule has 2 aromatic carbocycles. The van der Waals surface area contributed by atoms with E-state index in [-0.39, 0.29) is 17.9 Å². The summed E-state index contributed by atoms with van der Waals surface area (Å²) < 4.78 is 0. The van der Waals surface area contributed by atoms with E-state index in [2.05, 4.69) is 5.32 Å². The molecule has 0 aliphatic carbocycles. The predicted molar refractivity (Wildman–Crippen MR) is 80.0 cm³/mol. The lowest BCUT2D eigenvalue weighted by Crippen LogP contribution is -2.29. The Labute approximate surface area is 123 Å². The van der Waals surface area contributed by atoms with E-state index in [0.29, 0.717) is 24.2 Å². The number of nitrogens with zero attached hydrogens (tertiary/aromatic N) is 1. The fourth-order valence-electron chi connectivity index (χ4n) is 2.25. The van der Waals surface area contributed by atoms with Gasteiger partial charge < -0.3 is 10.2 Å². The summed E-state index contributed by atoms with van der Waals surface area (Å²) in [5.41, 5.74) is 1.33. The summed E-state index contributed by atoms with van der Waals surface area (Å²) in [7, 11) is 0. The Hall–Kier alpha value is -2.62. The van der Waals surface area contributed by atoms with Crippen molar-refractivity contribution in [2.24, 2.45) is 0 Å². The largest absolute Gasteiger partial charge is 0.350 e. The molecule has 1 aliphatic rings. The molecule has 0 aromatic heterocycles. The minimum atomic E-state index is -0.102. The van der Waals surface area contributed by atoms with Gasteiger partial charge in [-0.25, -0.2) is 0 Å². The van der Waals surface area contributed by atoms with E-state index in [1.54, 1.807) is 29.2 Å². The van der Waals surface area contributed by atoms with Gasteiger partial charge in [0.05, 0.1) is 6.04 Å². The van der Waals surface area contributed by atoms with Gasteiger partial charge >= 0.3 is 0 Å². The lowest BCUT2D eigenvalue weighted by atomic mass is 10.2. The van der Waals surface area contributed by atoms with E-state index in [4.69, 9.17) is 0 Å². The van der Waals surface area contributed by atoms with E-state index in [1.165, 1.54) is 0 Å². The van der Waals surface area contributed by atoms with Crippen LogP contribution in [0.2, 0.25) is 0 Å². The van der Waals surface area contributed by atoms with Crippen LogP contribution in [-0.2, 0) is 0 Å². The minimum absolute atomic E-state index is 0.0227. The molecule has 4 heteroatoms. The van der Waals surface area contributed by atoms with Gasteiger partial charge in [0.25, 0.3) is 11.8 Å². The number of carbonyl (C=O) groups excluding carboxylic acids is 2. The smallest absolute Gasteiger partial charge is 0.254 e. The highest BCUT2D eigenvalue weighted by molar-refractivity contribution is 5.96. The van der Waals surface area contributed by atoms with Crippen LogP contribution in [0, 0.1) is 0 Å². The molecule has 1 saturated heterocycles. The highest BCUT2D eigenvalue weighted by Gasteiger charge is 2.38. The average Bonchev–Trinajstić information content (AvgIpc) is 3.33. The van der Waals surface area contributed by atoms with Crippen molar-refractivity contribution < 1.29 is 9.59 Å². The Bertz CT molecular complexity index is 640. The molecule has 1 atom stereocenters. The predicted octanol–water partition coefficient (Wildman–Crippen LogP) is 1.94. The second-order valence-corrected chi connectivity index (χ2v) is 5.05. The van der Waals surface area contributed by atoms with Crippen LogP contribution in [0.5, 0.6) is 0 Å². The van der Waals surface area contributed by atoms with Gasteiger partial charge in [-0.05, 0) is 24.3 Å². The standard InChI is InChI=1S/C17H16N2O2/c20-16(13-7-3-1-4-8-13)18-11-15-12-19(15)17(21)14-9-5-2-6-10-14/h1-10,15H,11-12H2,(H,18,20). The summed E-state index contributed by atoms with van der Waals surface area (Å²) >= 11 is 0. The minimum Gasteiger partial charge on any atom is -0.350 e. The number of hydrogen-bond acceptors (Lipinski definition) is 2. The number of amides is 2. The van der Waals surface area contributed by atoms with Crippen LogP contribution in [0.1, 0.15) is 20.7 Å². The normalized spacial score (nSPS) is 16.4. The summed E-state index contributed by atoms with van der Waals surface area (Å²) in [5.74, 6) is -0.0795. The Morgan fingerprint density at radius 2 is 1.52 bits per heavy atom. The van der Waals surface area contributed by atoms with Gasteiger partial charge in [-0.15, -0.1) is 0 Å². The van der Waals surface area contributed by atoms with E-state index in [9.17, 15) is 9.59 Å². The zero-order valence-corrected chi connectivity index (χ0v) is 11.5. The number of benzene rings is 2. The molecule has 0 spiro atoms. The summed E-state index contributed by atoms with van der Waals surface area (Å²) in [6.07, 6.45) is 0. The number of carbonyl (C=O) groups is 2. The zero-order chi connectivity index (χ0) is 14.7. The van der Waals surface area contributed by atoms with Crippen LogP contribution in [0.3, 0.4) is 0 Å². The second kappa shape index (κ2) is 5.79. The van der Waals surface area contributed by atoms with Gasteiger partial charge in [-0.3, -0.25) is 9.59 Å². The SMILES string of the molecule is O=C(NCC1CN1C(=O)c1ccccc1)c1ccccc1. The van der Waals surface area contributed by atoms with Gasteiger partial charge in [-0.2, -0.15) is 0 Å². The van der Waals surface area contributed by atoms with Gasteiger partial charge in [0.15, 0.2) is 0 Å². The molecule has 2 amide bonds. The van der Waals surface area contributed by atoms with Crippen LogP contribution < -0.4 is 5.32 Å². The molecule has 3 rings (SSSR count). The second-order valence-electron chi connectivity index (χ2n) is 5.05. The van der Waals surface area contributed by atoms with Gasteiger partial charge in [-0.1, -0.05) is 36.4 Å². The summed E-state index contributed by atoms with van der Waals surface area (Å²) in [5, 5.41) is 2.86. The topological polar surface area (TPSA) is 49.2 Å². The fourth-order valence-corrected chi connectivity index (χ4v) is 2.25. The molecular formula is C17H16N2O2. The molecule has 2 aromatic rings. The molecule has 106 valence electrons.